The average molecular weight is 298 g/mol. The zero-order valence-electron chi connectivity index (χ0n) is 13.0. The molecule has 0 saturated heterocycles. The first kappa shape index (κ1) is 14.8. The van der Waals surface area contributed by atoms with E-state index in [0.717, 1.165) is 30.1 Å². The van der Waals surface area contributed by atoms with Crippen LogP contribution in [0.4, 0.5) is 5.82 Å². The maximum absolute atomic E-state index is 5.86. The summed E-state index contributed by atoms with van der Waals surface area (Å²) in [6.07, 6.45) is 3.66. The lowest BCUT2D eigenvalue weighted by atomic mass is 9.78. The first-order valence-electron chi connectivity index (χ1n) is 7.63. The van der Waals surface area contributed by atoms with Gasteiger partial charge in [0.25, 0.3) is 0 Å². The van der Waals surface area contributed by atoms with Gasteiger partial charge in [-0.3, -0.25) is 0 Å². The fourth-order valence-electron chi connectivity index (χ4n) is 2.78. The predicted molar refractivity (Wildman–Crippen MR) is 87.0 cm³/mol. The fourth-order valence-corrected chi connectivity index (χ4v) is 2.78. The van der Waals surface area contributed by atoms with Crippen LogP contribution in [0.15, 0.2) is 36.7 Å². The van der Waals surface area contributed by atoms with Crippen LogP contribution in [0.3, 0.4) is 0 Å². The molecule has 0 radical (unpaired) electrons. The van der Waals surface area contributed by atoms with Crippen molar-refractivity contribution in [2.24, 2.45) is 5.73 Å². The maximum atomic E-state index is 5.86. The summed E-state index contributed by atoms with van der Waals surface area (Å²) in [6, 6.07) is 10.6. The van der Waals surface area contributed by atoms with E-state index in [9.17, 15) is 0 Å². The van der Waals surface area contributed by atoms with Gasteiger partial charge in [0.05, 0.1) is 7.11 Å². The molecule has 116 valence electrons. The van der Waals surface area contributed by atoms with Crippen molar-refractivity contribution in [3.8, 4) is 5.75 Å². The number of ether oxygens (including phenoxy) is 1. The molecule has 1 aliphatic rings. The molecule has 0 aliphatic heterocycles. The Morgan fingerprint density at radius 2 is 1.95 bits per heavy atom. The standard InChI is InChI=1S/C17H22N4O/c1-11(12-3-5-15(22-2)6-4-12)21-17-9-16(19-10-20-17)13-7-14(18)8-13/h3-6,9-11,13-14H,7-8,18H2,1-2H3,(H,19,20,21)/t11-,13?,14?/m1/s1. The lowest BCUT2D eigenvalue weighted by Gasteiger charge is -2.32. The minimum Gasteiger partial charge on any atom is -0.497 e. The molecule has 0 bridgehead atoms. The zero-order valence-corrected chi connectivity index (χ0v) is 13.0. The van der Waals surface area contributed by atoms with Crippen molar-refractivity contribution >= 4 is 5.82 Å². The first-order valence-corrected chi connectivity index (χ1v) is 7.63. The van der Waals surface area contributed by atoms with Crippen LogP contribution in [0.2, 0.25) is 0 Å². The Morgan fingerprint density at radius 3 is 2.59 bits per heavy atom. The van der Waals surface area contributed by atoms with Crippen molar-refractivity contribution in [2.75, 3.05) is 12.4 Å². The molecule has 22 heavy (non-hydrogen) atoms. The lowest BCUT2D eigenvalue weighted by Crippen LogP contribution is -2.35. The molecule has 1 fully saturated rings. The van der Waals surface area contributed by atoms with E-state index in [0.29, 0.717) is 12.0 Å². The molecule has 1 aromatic heterocycles. The second-order valence-electron chi connectivity index (χ2n) is 5.90. The Bertz CT molecular complexity index is 623. The maximum Gasteiger partial charge on any atom is 0.130 e. The van der Waals surface area contributed by atoms with Gasteiger partial charge >= 0.3 is 0 Å². The number of hydrogen-bond acceptors (Lipinski definition) is 5. The zero-order chi connectivity index (χ0) is 15.5. The number of nitrogens with one attached hydrogen (secondary N) is 1. The summed E-state index contributed by atoms with van der Waals surface area (Å²) in [5, 5.41) is 3.43. The molecule has 5 nitrogen and oxygen atoms in total. The Kier molecular flexibility index (Phi) is 4.24. The van der Waals surface area contributed by atoms with Crippen molar-refractivity contribution in [1.82, 2.24) is 9.97 Å². The second-order valence-corrected chi connectivity index (χ2v) is 5.90. The van der Waals surface area contributed by atoms with Gasteiger partial charge in [-0.15, -0.1) is 0 Å². The predicted octanol–water partition coefficient (Wildman–Crippen LogP) is 2.86. The lowest BCUT2D eigenvalue weighted by molar-refractivity contribution is 0.345. The number of methoxy groups -OCH3 is 1. The summed E-state index contributed by atoms with van der Waals surface area (Å²) in [7, 11) is 1.67. The number of nitrogens with two attached hydrogens (primary N) is 1. The van der Waals surface area contributed by atoms with E-state index in [2.05, 4.69) is 34.3 Å². The van der Waals surface area contributed by atoms with Gasteiger partial charge in [0.2, 0.25) is 0 Å². The van der Waals surface area contributed by atoms with Gasteiger partial charge in [-0.1, -0.05) is 12.1 Å². The number of rotatable bonds is 5. The van der Waals surface area contributed by atoms with Crippen molar-refractivity contribution in [2.45, 2.75) is 37.8 Å². The quantitative estimate of drug-likeness (QED) is 0.888. The van der Waals surface area contributed by atoms with Crippen LogP contribution in [-0.2, 0) is 0 Å². The van der Waals surface area contributed by atoms with Gasteiger partial charge in [0, 0.05) is 29.8 Å². The van der Waals surface area contributed by atoms with Gasteiger partial charge in [0.1, 0.15) is 17.9 Å². The van der Waals surface area contributed by atoms with Crippen LogP contribution in [0.5, 0.6) is 5.75 Å². The Labute approximate surface area is 130 Å². The minimum absolute atomic E-state index is 0.164. The van der Waals surface area contributed by atoms with Gasteiger partial charge < -0.3 is 15.8 Å². The van der Waals surface area contributed by atoms with Crippen molar-refractivity contribution in [3.05, 3.63) is 47.9 Å². The van der Waals surface area contributed by atoms with Crippen LogP contribution >= 0.6 is 0 Å². The molecule has 3 rings (SSSR count). The van der Waals surface area contributed by atoms with Crippen molar-refractivity contribution < 1.29 is 4.74 Å². The summed E-state index contributed by atoms with van der Waals surface area (Å²) >= 11 is 0. The third-order valence-corrected chi connectivity index (χ3v) is 4.26. The molecule has 1 atom stereocenters. The third-order valence-electron chi connectivity index (χ3n) is 4.26. The number of hydrogen-bond donors (Lipinski definition) is 2. The molecular formula is C17H22N4O. The van der Waals surface area contributed by atoms with E-state index < -0.39 is 0 Å². The smallest absolute Gasteiger partial charge is 0.130 e. The highest BCUT2D eigenvalue weighted by atomic mass is 16.5. The van der Waals surface area contributed by atoms with E-state index in [1.165, 1.54) is 5.56 Å². The normalized spacial score (nSPS) is 21.8. The molecule has 1 saturated carbocycles. The summed E-state index contributed by atoms with van der Waals surface area (Å²) < 4.78 is 5.19. The van der Waals surface area contributed by atoms with E-state index in [1.807, 2.05) is 18.2 Å². The second kappa shape index (κ2) is 6.32. The van der Waals surface area contributed by atoms with Crippen LogP contribution < -0.4 is 15.8 Å². The molecule has 3 N–H and O–H groups in total. The molecule has 0 amide bonds. The minimum atomic E-state index is 0.164. The van der Waals surface area contributed by atoms with E-state index in [-0.39, 0.29) is 6.04 Å². The topological polar surface area (TPSA) is 73.1 Å². The third kappa shape index (κ3) is 3.20. The van der Waals surface area contributed by atoms with Gasteiger partial charge in [-0.2, -0.15) is 0 Å². The highest BCUT2D eigenvalue weighted by Gasteiger charge is 2.28. The van der Waals surface area contributed by atoms with E-state index >= 15 is 0 Å². The molecule has 1 aliphatic carbocycles. The Morgan fingerprint density at radius 1 is 1.23 bits per heavy atom. The summed E-state index contributed by atoms with van der Waals surface area (Å²) in [6.45, 7) is 2.11. The number of nitrogens with zero attached hydrogens (tertiary/aromatic N) is 2. The SMILES string of the molecule is COc1ccc([C@@H](C)Nc2cc(C3CC(N)C3)ncn2)cc1. The van der Waals surface area contributed by atoms with Crippen LogP contribution in [0.25, 0.3) is 0 Å². The van der Waals surface area contributed by atoms with Crippen molar-refractivity contribution in [1.29, 1.82) is 0 Å². The van der Waals surface area contributed by atoms with Crippen molar-refractivity contribution in [3.63, 3.8) is 0 Å². The van der Waals surface area contributed by atoms with Gasteiger partial charge in [-0.25, -0.2) is 9.97 Å². The molecule has 5 heteroatoms. The molecule has 2 aromatic rings. The number of anilines is 1. The van der Waals surface area contributed by atoms with E-state index in [4.69, 9.17) is 10.5 Å². The summed E-state index contributed by atoms with van der Waals surface area (Å²) in [5.74, 6) is 2.20. The number of aromatic nitrogens is 2. The fraction of sp³-hybridized carbons (Fsp3) is 0.412. The van der Waals surface area contributed by atoms with Crippen LogP contribution in [0.1, 0.15) is 43.0 Å². The molecule has 1 heterocycles. The first-order chi connectivity index (χ1) is 10.7. The highest BCUT2D eigenvalue weighted by Crippen LogP contribution is 2.35. The number of benzene rings is 1. The molecular weight excluding hydrogens is 276 g/mol. The van der Waals surface area contributed by atoms with Gasteiger partial charge in [0.15, 0.2) is 0 Å². The van der Waals surface area contributed by atoms with E-state index in [1.54, 1.807) is 13.4 Å². The Balaban J connectivity index is 1.67. The average Bonchev–Trinajstić information content (AvgIpc) is 2.52. The largest absolute Gasteiger partial charge is 0.497 e. The molecule has 0 unspecified atom stereocenters. The summed E-state index contributed by atoms with van der Waals surface area (Å²) in [5.41, 5.74) is 8.13. The summed E-state index contributed by atoms with van der Waals surface area (Å²) in [4.78, 5) is 8.70. The van der Waals surface area contributed by atoms with Crippen LogP contribution in [-0.4, -0.2) is 23.1 Å². The van der Waals surface area contributed by atoms with Crippen LogP contribution in [0, 0.1) is 0 Å². The molecule has 0 spiro atoms. The molecule has 1 aromatic carbocycles. The van der Waals surface area contributed by atoms with Gasteiger partial charge in [-0.05, 0) is 37.5 Å². The highest BCUT2D eigenvalue weighted by molar-refractivity contribution is 5.40. The Hall–Kier alpha value is -2.14. The monoisotopic (exact) mass is 298 g/mol.